The molecule has 18 nitrogen and oxygen atoms in total. The molecule has 6 N–H and O–H groups in total. The second-order valence-corrected chi connectivity index (χ2v) is 16.3. The summed E-state index contributed by atoms with van der Waals surface area (Å²) in [7, 11) is 0. The number of amides is 2. The van der Waals surface area contributed by atoms with E-state index in [1.807, 2.05) is 39.8 Å². The Hall–Kier alpha value is -5.56. The first kappa shape index (κ1) is 42.6. The van der Waals surface area contributed by atoms with Crippen LogP contribution in [0, 0.1) is 11.8 Å². The summed E-state index contributed by atoms with van der Waals surface area (Å²) in [5.74, 6) is 0.754. The maximum Gasteiger partial charge on any atom is 0.272 e. The van der Waals surface area contributed by atoms with Gasteiger partial charge in [-0.1, -0.05) is 27.7 Å². The van der Waals surface area contributed by atoms with Crippen molar-refractivity contribution >= 4 is 33.9 Å². The van der Waals surface area contributed by atoms with Crippen LogP contribution in [-0.4, -0.2) is 121 Å². The normalized spacial score (nSPS) is 20.5. The van der Waals surface area contributed by atoms with Crippen molar-refractivity contribution in [3.8, 4) is 11.9 Å². The van der Waals surface area contributed by atoms with Crippen molar-refractivity contribution in [2.45, 2.75) is 116 Å². The Kier molecular flexibility index (Phi) is 14.0. The van der Waals surface area contributed by atoms with E-state index in [1.165, 1.54) is 0 Å². The average Bonchev–Trinajstić information content (AvgIpc) is 4.10. The largest absolute Gasteiger partial charge is 0.390 e. The van der Waals surface area contributed by atoms with Gasteiger partial charge in [-0.2, -0.15) is 0 Å². The van der Waals surface area contributed by atoms with Gasteiger partial charge in [-0.15, -0.1) is 0 Å². The average molecular weight is 825 g/mol. The van der Waals surface area contributed by atoms with Gasteiger partial charge >= 0.3 is 0 Å². The number of hydrogen-bond acceptors (Lipinski definition) is 12. The van der Waals surface area contributed by atoms with Crippen molar-refractivity contribution in [1.29, 1.82) is 0 Å². The minimum atomic E-state index is -0.437. The molecule has 320 valence electrons. The predicted octanol–water partition coefficient (Wildman–Crippen LogP) is 4.44. The fraction of sp³-hybridized carbons (Fsp3) is 0.524. The van der Waals surface area contributed by atoms with E-state index in [-0.39, 0.29) is 47.9 Å². The van der Waals surface area contributed by atoms with E-state index in [0.717, 1.165) is 51.4 Å². The molecule has 2 aliphatic carbocycles. The highest BCUT2D eigenvalue weighted by atomic mass is 16.5. The van der Waals surface area contributed by atoms with Gasteiger partial charge in [-0.25, -0.2) is 29.9 Å². The van der Waals surface area contributed by atoms with Crippen LogP contribution in [0.3, 0.4) is 0 Å². The molecule has 0 saturated heterocycles. The third-order valence-electron chi connectivity index (χ3n) is 11.3. The standard InChI is InChI=1S/2C21H28N6O3/c2*1-13(2)17(28)11-30-15-5-3-14(4-6-15)24-20(29)19-18-16(7-8-23-18)25-21(26-19)27-10-9-22-12-27/h2*7-10,12-15,17,23,28H,3-6,11H2,1-2H3,(H,24,29)/t2*14?,15?,17-/m10/s1. The van der Waals surface area contributed by atoms with Crippen LogP contribution in [0.1, 0.15) is 100 Å². The highest BCUT2D eigenvalue weighted by Crippen LogP contribution is 2.25. The zero-order chi connectivity index (χ0) is 42.2. The minimum Gasteiger partial charge on any atom is -0.390 e. The quantitative estimate of drug-likeness (QED) is 0.0895. The molecule has 2 fully saturated rings. The number of hydrogen-bond donors (Lipinski definition) is 6. The molecule has 60 heavy (non-hydrogen) atoms. The van der Waals surface area contributed by atoms with Gasteiger partial charge in [0.05, 0.1) is 59.7 Å². The molecule has 8 rings (SSSR count). The maximum atomic E-state index is 13.0. The molecular formula is C42H56N12O6. The van der Waals surface area contributed by atoms with Gasteiger partial charge in [0, 0.05) is 49.3 Å². The summed E-state index contributed by atoms with van der Waals surface area (Å²) >= 11 is 0. The maximum absolute atomic E-state index is 13.0. The lowest BCUT2D eigenvalue weighted by atomic mass is 9.92. The number of imidazole rings is 2. The second kappa shape index (κ2) is 19.7. The predicted molar refractivity (Wildman–Crippen MR) is 223 cm³/mol. The zero-order valence-electron chi connectivity index (χ0n) is 34.6. The Labute approximate surface area is 348 Å². The number of H-pyrrole nitrogens is 2. The molecule has 2 aliphatic rings. The number of aliphatic hydroxyl groups is 2. The van der Waals surface area contributed by atoms with Gasteiger partial charge in [0.25, 0.3) is 11.8 Å². The Morgan fingerprint density at radius 3 is 1.42 bits per heavy atom. The van der Waals surface area contributed by atoms with E-state index in [9.17, 15) is 19.8 Å². The van der Waals surface area contributed by atoms with Gasteiger partial charge in [0.15, 0.2) is 11.4 Å². The number of ether oxygens (including phenoxy) is 2. The van der Waals surface area contributed by atoms with Crippen LogP contribution in [0.5, 0.6) is 0 Å². The molecule has 0 unspecified atom stereocenters. The number of fused-ring (bicyclic) bond motifs is 2. The molecule has 0 bridgehead atoms. The molecule has 6 heterocycles. The molecule has 2 amide bonds. The fourth-order valence-corrected chi connectivity index (χ4v) is 7.29. The number of carbonyl (C=O) groups excluding carboxylic acids is 2. The summed E-state index contributed by atoms with van der Waals surface area (Å²) in [4.78, 5) is 58.1. The molecule has 0 aromatic carbocycles. The first-order chi connectivity index (χ1) is 29.0. The van der Waals surface area contributed by atoms with Gasteiger partial charge in [0.2, 0.25) is 11.9 Å². The third-order valence-corrected chi connectivity index (χ3v) is 11.3. The second-order valence-electron chi connectivity index (χ2n) is 16.3. The third kappa shape index (κ3) is 10.6. The molecular weight excluding hydrogens is 769 g/mol. The molecule has 6 aromatic heterocycles. The number of rotatable bonds is 14. The number of aliphatic hydroxyl groups excluding tert-OH is 2. The van der Waals surface area contributed by atoms with E-state index in [4.69, 9.17) is 9.47 Å². The van der Waals surface area contributed by atoms with E-state index >= 15 is 0 Å². The van der Waals surface area contributed by atoms with Gasteiger partial charge in [-0.3, -0.25) is 18.7 Å². The van der Waals surface area contributed by atoms with Crippen molar-refractivity contribution in [2.24, 2.45) is 11.8 Å². The van der Waals surface area contributed by atoms with E-state index in [0.29, 0.717) is 58.6 Å². The highest BCUT2D eigenvalue weighted by molar-refractivity contribution is 6.04. The summed E-state index contributed by atoms with van der Waals surface area (Å²) in [6, 6.07) is 3.79. The minimum absolute atomic E-state index is 0.0732. The molecule has 0 radical (unpaired) electrons. The molecule has 2 atom stereocenters. The lowest BCUT2D eigenvalue weighted by molar-refractivity contribution is -0.0399. The summed E-state index contributed by atoms with van der Waals surface area (Å²) < 4.78 is 15.1. The number of aromatic nitrogens is 10. The van der Waals surface area contributed by atoms with Crippen LogP contribution in [0.4, 0.5) is 0 Å². The SMILES string of the molecule is CC(C)[C@@H](O)COC1CCC(NC(=O)c2nc(-n3ccnc3)nc3cc[nH]c23)CC1.CC(C)[C@H](O)COC1CCC(NC(=O)c2nc(-n3ccnc3)nc3cc[nH]c23)CC1. The number of aromatic amines is 2. The van der Waals surface area contributed by atoms with Crippen LogP contribution in [-0.2, 0) is 9.47 Å². The van der Waals surface area contributed by atoms with Crippen molar-refractivity contribution < 1.29 is 29.3 Å². The van der Waals surface area contributed by atoms with Gasteiger partial charge in [-0.05, 0) is 75.3 Å². The topological polar surface area (TPSA) is 236 Å². The van der Waals surface area contributed by atoms with Crippen LogP contribution in [0.2, 0.25) is 0 Å². The smallest absolute Gasteiger partial charge is 0.272 e. The van der Waals surface area contributed by atoms with Crippen molar-refractivity contribution in [3.63, 3.8) is 0 Å². The molecule has 0 aliphatic heterocycles. The molecule has 6 aromatic rings. The summed E-state index contributed by atoms with van der Waals surface area (Å²) in [6.07, 6.45) is 19.7. The highest BCUT2D eigenvalue weighted by Gasteiger charge is 2.28. The summed E-state index contributed by atoms with van der Waals surface area (Å²) in [5.41, 5.74) is 3.26. The van der Waals surface area contributed by atoms with Crippen molar-refractivity contribution in [3.05, 3.63) is 73.4 Å². The Bertz CT molecular complexity index is 2110. The van der Waals surface area contributed by atoms with E-state index in [1.54, 1.807) is 59.0 Å². The lowest BCUT2D eigenvalue weighted by Crippen LogP contribution is -2.40. The van der Waals surface area contributed by atoms with Crippen LogP contribution in [0.15, 0.2) is 62.0 Å². The molecule has 2 saturated carbocycles. The van der Waals surface area contributed by atoms with E-state index < -0.39 is 12.2 Å². The Morgan fingerprint density at radius 1 is 0.667 bits per heavy atom. The fourth-order valence-electron chi connectivity index (χ4n) is 7.29. The number of nitrogens with one attached hydrogen (secondary N) is 4. The summed E-state index contributed by atoms with van der Waals surface area (Å²) in [5, 5.41) is 26.1. The van der Waals surface area contributed by atoms with Crippen LogP contribution in [0.25, 0.3) is 34.0 Å². The molecule has 0 spiro atoms. The first-order valence-electron chi connectivity index (χ1n) is 20.9. The van der Waals surface area contributed by atoms with Crippen molar-refractivity contribution in [2.75, 3.05) is 13.2 Å². The zero-order valence-corrected chi connectivity index (χ0v) is 34.6. The first-order valence-corrected chi connectivity index (χ1v) is 20.9. The monoisotopic (exact) mass is 824 g/mol. The van der Waals surface area contributed by atoms with Crippen LogP contribution >= 0.6 is 0 Å². The van der Waals surface area contributed by atoms with Crippen molar-refractivity contribution in [1.82, 2.24) is 59.6 Å². The Balaban J connectivity index is 0.000000181. The summed E-state index contributed by atoms with van der Waals surface area (Å²) in [6.45, 7) is 8.64. The van der Waals surface area contributed by atoms with E-state index in [2.05, 4.69) is 50.5 Å². The van der Waals surface area contributed by atoms with Crippen LogP contribution < -0.4 is 10.6 Å². The number of nitrogens with zero attached hydrogens (tertiary/aromatic N) is 8. The molecule has 18 heteroatoms. The Morgan fingerprint density at radius 2 is 1.07 bits per heavy atom. The van der Waals surface area contributed by atoms with Gasteiger partial charge in [0.1, 0.15) is 12.7 Å². The number of carbonyl (C=O) groups is 2. The lowest BCUT2D eigenvalue weighted by Gasteiger charge is -2.30. The van der Waals surface area contributed by atoms with Gasteiger partial charge < -0.3 is 40.3 Å².